The number of ether oxygens (including phenoxy) is 1. The van der Waals surface area contributed by atoms with Crippen LogP contribution >= 0.6 is 35.6 Å². The number of likely N-dealkylation sites (tertiary alicyclic amines) is 1. The van der Waals surface area contributed by atoms with Gasteiger partial charge in [0.25, 0.3) is 5.91 Å². The molecule has 9 heteroatoms. The minimum Gasteiger partial charge on any atom is -0.482 e. The van der Waals surface area contributed by atoms with E-state index in [0.29, 0.717) is 42.0 Å². The van der Waals surface area contributed by atoms with Crippen LogP contribution < -0.4 is 10.1 Å². The first-order valence-corrected chi connectivity index (χ1v) is 9.16. The Morgan fingerprint density at radius 1 is 1.31 bits per heavy atom. The Morgan fingerprint density at radius 2 is 2.12 bits per heavy atom. The first-order chi connectivity index (χ1) is 12.0. The summed E-state index contributed by atoms with van der Waals surface area (Å²) in [6.07, 6.45) is 1.81. The molecule has 0 bridgehead atoms. The van der Waals surface area contributed by atoms with Crippen molar-refractivity contribution in [2.24, 2.45) is 0 Å². The molecule has 0 aromatic heterocycles. The summed E-state index contributed by atoms with van der Waals surface area (Å²) in [7, 11) is 0. The van der Waals surface area contributed by atoms with Crippen molar-refractivity contribution in [1.82, 2.24) is 15.1 Å². The largest absolute Gasteiger partial charge is 0.482 e. The van der Waals surface area contributed by atoms with E-state index in [1.54, 1.807) is 23.1 Å². The van der Waals surface area contributed by atoms with E-state index < -0.39 is 0 Å². The maximum Gasteiger partial charge on any atom is 0.260 e. The Balaban J connectivity index is 0.00000243. The van der Waals surface area contributed by atoms with Gasteiger partial charge in [0.1, 0.15) is 5.75 Å². The molecule has 2 heterocycles. The highest BCUT2D eigenvalue weighted by molar-refractivity contribution is 6.34. The van der Waals surface area contributed by atoms with Crippen molar-refractivity contribution in [3.8, 4) is 5.75 Å². The van der Waals surface area contributed by atoms with Crippen molar-refractivity contribution in [3.05, 3.63) is 28.2 Å². The lowest BCUT2D eigenvalue weighted by molar-refractivity contribution is -0.141. The first kappa shape index (κ1) is 21.1. The Labute approximate surface area is 169 Å². The van der Waals surface area contributed by atoms with Gasteiger partial charge in [-0.3, -0.25) is 9.59 Å². The average Bonchev–Trinajstić information content (AvgIpc) is 2.62. The summed E-state index contributed by atoms with van der Waals surface area (Å²) in [6.45, 7) is 3.01. The van der Waals surface area contributed by atoms with E-state index in [9.17, 15) is 9.59 Å². The molecule has 2 amide bonds. The fourth-order valence-electron chi connectivity index (χ4n) is 3.26. The quantitative estimate of drug-likeness (QED) is 0.808. The molecule has 0 saturated carbocycles. The molecule has 2 aliphatic heterocycles. The van der Waals surface area contributed by atoms with Gasteiger partial charge < -0.3 is 19.9 Å². The Kier molecular flexibility index (Phi) is 7.83. The zero-order valence-corrected chi connectivity index (χ0v) is 16.6. The van der Waals surface area contributed by atoms with Gasteiger partial charge in [0.15, 0.2) is 6.61 Å². The Bertz CT molecular complexity index is 659. The molecule has 1 unspecified atom stereocenters. The predicted octanol–water partition coefficient (Wildman–Crippen LogP) is 2.22. The molecule has 26 heavy (non-hydrogen) atoms. The van der Waals surface area contributed by atoms with Crippen LogP contribution in [0.1, 0.15) is 12.8 Å². The van der Waals surface area contributed by atoms with Gasteiger partial charge in [0.05, 0.1) is 11.6 Å². The SMILES string of the molecule is Cl.O=C(COc1cc(Cl)ccc1Cl)N1CCCC(N2CCNCC2=O)C1. The van der Waals surface area contributed by atoms with E-state index >= 15 is 0 Å². The molecule has 2 aliphatic rings. The highest BCUT2D eigenvalue weighted by Crippen LogP contribution is 2.27. The van der Waals surface area contributed by atoms with Crippen LogP contribution in [-0.4, -0.2) is 67.0 Å². The number of nitrogens with one attached hydrogen (secondary N) is 1. The molecule has 2 fully saturated rings. The van der Waals surface area contributed by atoms with Gasteiger partial charge in [-0.05, 0) is 25.0 Å². The second-order valence-electron chi connectivity index (χ2n) is 6.26. The predicted molar refractivity (Wildman–Crippen MR) is 103 cm³/mol. The number of carbonyl (C=O) groups is 2. The Hall–Kier alpha value is -1.21. The second-order valence-corrected chi connectivity index (χ2v) is 7.11. The van der Waals surface area contributed by atoms with Gasteiger partial charge >= 0.3 is 0 Å². The number of amides is 2. The molecule has 1 atom stereocenters. The molecular formula is C17H22Cl3N3O3. The molecule has 0 spiro atoms. The first-order valence-electron chi connectivity index (χ1n) is 8.40. The maximum atomic E-state index is 12.5. The number of hydrogen-bond acceptors (Lipinski definition) is 4. The van der Waals surface area contributed by atoms with Crippen LogP contribution in [0.2, 0.25) is 10.0 Å². The van der Waals surface area contributed by atoms with Gasteiger partial charge in [0.2, 0.25) is 5.91 Å². The van der Waals surface area contributed by atoms with Crippen molar-refractivity contribution < 1.29 is 14.3 Å². The van der Waals surface area contributed by atoms with Crippen molar-refractivity contribution in [2.45, 2.75) is 18.9 Å². The molecule has 1 aromatic rings. The molecule has 6 nitrogen and oxygen atoms in total. The lowest BCUT2D eigenvalue weighted by atomic mass is 10.0. The van der Waals surface area contributed by atoms with E-state index in [1.807, 2.05) is 4.90 Å². The fourth-order valence-corrected chi connectivity index (χ4v) is 3.60. The number of hydrogen-bond donors (Lipinski definition) is 1. The molecule has 1 N–H and O–H groups in total. The molecule has 144 valence electrons. The standard InChI is InChI=1S/C17H21Cl2N3O3.ClH/c18-12-3-4-14(19)15(8-12)25-11-17(24)21-6-1-2-13(10-21)22-7-5-20-9-16(22)23;/h3-4,8,13,20H,1-2,5-7,9-11H2;1H. The third kappa shape index (κ3) is 5.16. The summed E-state index contributed by atoms with van der Waals surface area (Å²) in [5, 5.41) is 3.99. The number of piperidine rings is 1. The summed E-state index contributed by atoms with van der Waals surface area (Å²) in [4.78, 5) is 28.2. The number of rotatable bonds is 4. The monoisotopic (exact) mass is 421 g/mol. The van der Waals surface area contributed by atoms with E-state index in [4.69, 9.17) is 27.9 Å². The van der Waals surface area contributed by atoms with E-state index in [2.05, 4.69) is 5.32 Å². The number of halogens is 3. The number of carbonyl (C=O) groups excluding carboxylic acids is 2. The molecule has 2 saturated heterocycles. The van der Waals surface area contributed by atoms with Crippen LogP contribution in [0, 0.1) is 0 Å². The van der Waals surface area contributed by atoms with Crippen LogP contribution in [0.4, 0.5) is 0 Å². The number of nitrogens with zero attached hydrogens (tertiary/aromatic N) is 2. The number of benzene rings is 1. The molecular weight excluding hydrogens is 401 g/mol. The third-order valence-corrected chi connectivity index (χ3v) is 5.11. The van der Waals surface area contributed by atoms with Crippen LogP contribution in [0.3, 0.4) is 0 Å². The molecule has 1 aromatic carbocycles. The Morgan fingerprint density at radius 3 is 2.88 bits per heavy atom. The zero-order chi connectivity index (χ0) is 17.8. The lowest BCUT2D eigenvalue weighted by Gasteiger charge is -2.41. The van der Waals surface area contributed by atoms with Gasteiger partial charge in [-0.15, -0.1) is 12.4 Å². The number of piperazine rings is 1. The van der Waals surface area contributed by atoms with Crippen LogP contribution in [0.5, 0.6) is 5.75 Å². The van der Waals surface area contributed by atoms with Crippen molar-refractivity contribution >= 4 is 47.4 Å². The minimum absolute atomic E-state index is 0. The third-order valence-electron chi connectivity index (χ3n) is 4.56. The molecule has 0 radical (unpaired) electrons. The normalized spacial score (nSPS) is 20.5. The maximum absolute atomic E-state index is 12.5. The van der Waals surface area contributed by atoms with E-state index in [0.717, 1.165) is 19.4 Å². The highest BCUT2D eigenvalue weighted by Gasteiger charge is 2.31. The summed E-state index contributed by atoms with van der Waals surface area (Å²) < 4.78 is 5.54. The molecule has 3 rings (SSSR count). The minimum atomic E-state index is -0.108. The van der Waals surface area contributed by atoms with Crippen molar-refractivity contribution in [3.63, 3.8) is 0 Å². The van der Waals surface area contributed by atoms with Crippen molar-refractivity contribution in [2.75, 3.05) is 39.3 Å². The van der Waals surface area contributed by atoms with Gasteiger partial charge in [0, 0.05) is 43.3 Å². The summed E-state index contributed by atoms with van der Waals surface area (Å²) in [5.74, 6) is 0.393. The second kappa shape index (κ2) is 9.65. The van der Waals surface area contributed by atoms with E-state index in [-0.39, 0.29) is 36.9 Å². The van der Waals surface area contributed by atoms with Gasteiger partial charge in [-0.1, -0.05) is 23.2 Å². The van der Waals surface area contributed by atoms with Crippen LogP contribution in [-0.2, 0) is 9.59 Å². The van der Waals surface area contributed by atoms with Gasteiger partial charge in [-0.2, -0.15) is 0 Å². The van der Waals surface area contributed by atoms with Crippen molar-refractivity contribution in [1.29, 1.82) is 0 Å². The average molecular weight is 423 g/mol. The lowest BCUT2D eigenvalue weighted by Crippen LogP contribution is -2.57. The summed E-state index contributed by atoms with van der Waals surface area (Å²) >= 11 is 12.0. The summed E-state index contributed by atoms with van der Waals surface area (Å²) in [5.41, 5.74) is 0. The zero-order valence-electron chi connectivity index (χ0n) is 14.2. The van der Waals surface area contributed by atoms with Gasteiger partial charge in [-0.25, -0.2) is 0 Å². The van der Waals surface area contributed by atoms with E-state index in [1.165, 1.54) is 0 Å². The topological polar surface area (TPSA) is 61.9 Å². The smallest absolute Gasteiger partial charge is 0.260 e. The highest BCUT2D eigenvalue weighted by atomic mass is 35.5. The van der Waals surface area contributed by atoms with Crippen LogP contribution in [0.15, 0.2) is 18.2 Å². The van der Waals surface area contributed by atoms with Crippen LogP contribution in [0.25, 0.3) is 0 Å². The summed E-state index contributed by atoms with van der Waals surface area (Å²) in [6, 6.07) is 4.98. The fraction of sp³-hybridized carbons (Fsp3) is 0.529. The molecule has 0 aliphatic carbocycles.